The van der Waals surface area contributed by atoms with Gasteiger partial charge in [0.1, 0.15) is 0 Å². The first-order valence-electron chi connectivity index (χ1n) is 8.25. The van der Waals surface area contributed by atoms with Crippen LogP contribution in [0.1, 0.15) is 30.1 Å². The highest BCUT2D eigenvalue weighted by atomic mass is 32.2. The number of sulfone groups is 1. The van der Waals surface area contributed by atoms with Crippen LogP contribution in [0.3, 0.4) is 0 Å². The molecule has 1 unspecified atom stereocenters. The molecule has 0 N–H and O–H groups in total. The van der Waals surface area contributed by atoms with Gasteiger partial charge in [0.2, 0.25) is 0 Å². The number of rotatable bonds is 5. The standard InChI is InChI=1S/C18H22N2O3S/c1-2-10-20(17-9-13-24(22,23)14-17)18(21)15-5-7-16(8-6-15)19-11-3-4-12-19/h3-8,11-12,17H,2,9-10,13-14H2,1H3. The molecule has 1 aromatic carbocycles. The minimum atomic E-state index is -3.01. The van der Waals surface area contributed by atoms with Gasteiger partial charge in [0.25, 0.3) is 5.91 Å². The van der Waals surface area contributed by atoms with Crippen LogP contribution in [0.4, 0.5) is 0 Å². The van der Waals surface area contributed by atoms with Gasteiger partial charge in [0.05, 0.1) is 11.5 Å². The van der Waals surface area contributed by atoms with Gasteiger partial charge in [0.15, 0.2) is 9.84 Å². The van der Waals surface area contributed by atoms with Gasteiger partial charge >= 0.3 is 0 Å². The molecule has 3 rings (SSSR count). The van der Waals surface area contributed by atoms with Crippen molar-refractivity contribution in [2.45, 2.75) is 25.8 Å². The van der Waals surface area contributed by atoms with Crippen molar-refractivity contribution in [1.82, 2.24) is 9.47 Å². The molecule has 0 saturated carbocycles. The van der Waals surface area contributed by atoms with Crippen molar-refractivity contribution in [2.75, 3.05) is 18.1 Å². The molecular formula is C18H22N2O3S. The van der Waals surface area contributed by atoms with Crippen LogP contribution < -0.4 is 0 Å². The molecule has 1 aliphatic heterocycles. The Bertz CT molecular complexity index is 795. The molecule has 1 atom stereocenters. The summed E-state index contributed by atoms with van der Waals surface area (Å²) >= 11 is 0. The number of hydrogen-bond donors (Lipinski definition) is 0. The van der Waals surface area contributed by atoms with Crippen LogP contribution in [0.15, 0.2) is 48.8 Å². The maximum Gasteiger partial charge on any atom is 0.254 e. The molecule has 2 aromatic rings. The molecule has 1 amide bonds. The largest absolute Gasteiger partial charge is 0.335 e. The second kappa shape index (κ2) is 6.81. The Morgan fingerprint density at radius 3 is 2.42 bits per heavy atom. The first kappa shape index (κ1) is 16.8. The summed E-state index contributed by atoms with van der Waals surface area (Å²) in [5, 5.41) is 0. The van der Waals surface area contributed by atoms with Crippen molar-refractivity contribution in [3.63, 3.8) is 0 Å². The molecule has 1 aliphatic rings. The van der Waals surface area contributed by atoms with Gasteiger partial charge in [-0.1, -0.05) is 6.92 Å². The number of carbonyl (C=O) groups is 1. The summed E-state index contributed by atoms with van der Waals surface area (Å²) in [6.45, 7) is 2.58. The van der Waals surface area contributed by atoms with Crippen LogP contribution >= 0.6 is 0 Å². The van der Waals surface area contributed by atoms with Crippen LogP contribution in [-0.4, -0.2) is 47.9 Å². The Balaban J connectivity index is 1.80. The average Bonchev–Trinajstić information content (AvgIpc) is 3.22. The van der Waals surface area contributed by atoms with E-state index in [1.165, 1.54) is 0 Å². The van der Waals surface area contributed by atoms with Crippen molar-refractivity contribution in [1.29, 1.82) is 0 Å². The van der Waals surface area contributed by atoms with Crippen molar-refractivity contribution in [3.05, 3.63) is 54.4 Å². The lowest BCUT2D eigenvalue weighted by atomic mass is 10.1. The molecule has 1 fully saturated rings. The fourth-order valence-electron chi connectivity index (χ4n) is 3.16. The normalized spacial score (nSPS) is 19.3. The Kier molecular flexibility index (Phi) is 4.76. The van der Waals surface area contributed by atoms with Crippen LogP contribution in [0.25, 0.3) is 5.69 Å². The molecular weight excluding hydrogens is 324 g/mol. The highest BCUT2D eigenvalue weighted by Crippen LogP contribution is 2.21. The molecule has 2 heterocycles. The van der Waals surface area contributed by atoms with Crippen LogP contribution in [0, 0.1) is 0 Å². The fourth-order valence-corrected chi connectivity index (χ4v) is 4.89. The minimum absolute atomic E-state index is 0.0835. The molecule has 0 bridgehead atoms. The van der Waals surface area contributed by atoms with Crippen LogP contribution in [-0.2, 0) is 9.84 Å². The van der Waals surface area contributed by atoms with E-state index >= 15 is 0 Å². The number of hydrogen-bond acceptors (Lipinski definition) is 3. The van der Waals surface area contributed by atoms with Crippen molar-refractivity contribution in [2.24, 2.45) is 0 Å². The Hall–Kier alpha value is -2.08. The van der Waals surface area contributed by atoms with E-state index in [-0.39, 0.29) is 23.5 Å². The van der Waals surface area contributed by atoms with E-state index in [1.54, 1.807) is 4.90 Å². The van der Waals surface area contributed by atoms with Gasteiger partial charge in [0, 0.05) is 36.2 Å². The first-order chi connectivity index (χ1) is 11.5. The Morgan fingerprint density at radius 2 is 1.88 bits per heavy atom. The lowest BCUT2D eigenvalue weighted by Crippen LogP contribution is -2.41. The summed E-state index contributed by atoms with van der Waals surface area (Å²) in [7, 11) is -3.01. The molecule has 0 aliphatic carbocycles. The fraction of sp³-hybridized carbons (Fsp3) is 0.389. The maximum absolute atomic E-state index is 12.9. The third-order valence-electron chi connectivity index (χ3n) is 4.39. The van der Waals surface area contributed by atoms with Crippen molar-refractivity contribution < 1.29 is 13.2 Å². The number of carbonyl (C=O) groups excluding carboxylic acids is 1. The van der Waals surface area contributed by atoms with E-state index in [0.717, 1.165) is 12.1 Å². The summed E-state index contributed by atoms with van der Waals surface area (Å²) < 4.78 is 25.5. The predicted molar refractivity (Wildman–Crippen MR) is 94.2 cm³/mol. The zero-order valence-electron chi connectivity index (χ0n) is 13.8. The summed E-state index contributed by atoms with van der Waals surface area (Å²) in [5.41, 5.74) is 1.59. The van der Waals surface area contributed by atoms with E-state index in [2.05, 4.69) is 0 Å². The summed E-state index contributed by atoms with van der Waals surface area (Å²) in [6.07, 6.45) is 5.24. The number of aromatic nitrogens is 1. The second-order valence-corrected chi connectivity index (χ2v) is 8.42. The van der Waals surface area contributed by atoms with E-state index in [9.17, 15) is 13.2 Å². The van der Waals surface area contributed by atoms with Gasteiger partial charge in [-0.15, -0.1) is 0 Å². The first-order valence-corrected chi connectivity index (χ1v) is 10.1. The molecule has 6 heteroatoms. The molecule has 1 saturated heterocycles. The van der Waals surface area contributed by atoms with Crippen LogP contribution in [0.5, 0.6) is 0 Å². The zero-order chi connectivity index (χ0) is 17.2. The smallest absolute Gasteiger partial charge is 0.254 e. The number of amides is 1. The second-order valence-electron chi connectivity index (χ2n) is 6.19. The van der Waals surface area contributed by atoms with Gasteiger partial charge < -0.3 is 9.47 Å². The van der Waals surface area contributed by atoms with Crippen molar-refractivity contribution in [3.8, 4) is 5.69 Å². The third kappa shape index (κ3) is 3.53. The molecule has 24 heavy (non-hydrogen) atoms. The highest BCUT2D eigenvalue weighted by molar-refractivity contribution is 7.91. The molecule has 5 nitrogen and oxygen atoms in total. The molecule has 128 valence electrons. The quantitative estimate of drug-likeness (QED) is 0.836. The van der Waals surface area contributed by atoms with Crippen LogP contribution in [0.2, 0.25) is 0 Å². The topological polar surface area (TPSA) is 59.4 Å². The van der Waals surface area contributed by atoms with E-state index in [1.807, 2.05) is 60.3 Å². The summed E-state index contributed by atoms with van der Waals surface area (Å²) in [6, 6.07) is 11.1. The summed E-state index contributed by atoms with van der Waals surface area (Å²) in [5.74, 6) is 0.177. The minimum Gasteiger partial charge on any atom is -0.335 e. The van der Waals surface area contributed by atoms with Gasteiger partial charge in [-0.25, -0.2) is 8.42 Å². The SMILES string of the molecule is CCCN(C(=O)c1ccc(-n2cccc2)cc1)C1CCS(=O)(=O)C1. The van der Waals surface area contributed by atoms with E-state index < -0.39 is 9.84 Å². The lowest BCUT2D eigenvalue weighted by Gasteiger charge is -2.28. The van der Waals surface area contributed by atoms with Crippen molar-refractivity contribution >= 4 is 15.7 Å². The summed E-state index contributed by atoms with van der Waals surface area (Å²) in [4.78, 5) is 14.6. The van der Waals surface area contributed by atoms with Gasteiger partial charge in [-0.3, -0.25) is 4.79 Å². The predicted octanol–water partition coefficient (Wildman–Crippen LogP) is 2.52. The maximum atomic E-state index is 12.9. The highest BCUT2D eigenvalue weighted by Gasteiger charge is 2.34. The third-order valence-corrected chi connectivity index (χ3v) is 6.14. The Morgan fingerprint density at radius 1 is 1.21 bits per heavy atom. The average molecular weight is 346 g/mol. The van der Waals surface area contributed by atoms with Gasteiger partial charge in [-0.2, -0.15) is 0 Å². The Labute approximate surface area is 142 Å². The molecule has 0 spiro atoms. The molecule has 0 radical (unpaired) electrons. The van der Waals surface area contributed by atoms with Gasteiger partial charge in [-0.05, 0) is 49.2 Å². The number of benzene rings is 1. The lowest BCUT2D eigenvalue weighted by molar-refractivity contribution is 0.0697. The molecule has 1 aromatic heterocycles. The van der Waals surface area contributed by atoms with E-state index in [4.69, 9.17) is 0 Å². The zero-order valence-corrected chi connectivity index (χ0v) is 14.6. The van der Waals surface area contributed by atoms with E-state index in [0.29, 0.717) is 18.5 Å². The number of nitrogens with zero attached hydrogens (tertiary/aromatic N) is 2. The monoisotopic (exact) mass is 346 g/mol.